The number of nitro benzene ring substituents is 1. The minimum atomic E-state index is -3.66. The van der Waals surface area contributed by atoms with Crippen LogP contribution in [-0.4, -0.2) is 52.0 Å². The Kier molecular flexibility index (Phi) is 5.98. The molecule has 0 aliphatic carbocycles. The molecule has 0 unspecified atom stereocenters. The van der Waals surface area contributed by atoms with E-state index in [-0.39, 0.29) is 28.9 Å². The summed E-state index contributed by atoms with van der Waals surface area (Å²) in [7, 11) is -3.66. The molecular formula is C16H21ClN6O4S. The normalized spacial score (nSPS) is 18.3. The molecule has 1 fully saturated rings. The highest BCUT2D eigenvalue weighted by Crippen LogP contribution is 2.31. The van der Waals surface area contributed by atoms with Gasteiger partial charge in [-0.3, -0.25) is 10.1 Å². The van der Waals surface area contributed by atoms with Gasteiger partial charge < -0.3 is 9.88 Å². The van der Waals surface area contributed by atoms with Gasteiger partial charge in [-0.25, -0.2) is 8.42 Å². The third kappa shape index (κ3) is 3.75. The van der Waals surface area contributed by atoms with Crippen LogP contribution in [0.25, 0.3) is 0 Å². The molecule has 2 aromatic rings. The summed E-state index contributed by atoms with van der Waals surface area (Å²) in [5, 5.41) is 22.6. The summed E-state index contributed by atoms with van der Waals surface area (Å²) >= 11 is 0. The molecule has 1 saturated heterocycles. The predicted octanol–water partition coefficient (Wildman–Crippen LogP) is 1.28. The van der Waals surface area contributed by atoms with Gasteiger partial charge in [0.2, 0.25) is 10.0 Å². The molecule has 0 radical (unpaired) electrons. The monoisotopic (exact) mass is 428 g/mol. The predicted molar refractivity (Wildman–Crippen MR) is 103 cm³/mol. The third-order valence-corrected chi connectivity index (χ3v) is 7.07. The number of halogens is 1. The van der Waals surface area contributed by atoms with E-state index in [0.717, 1.165) is 24.7 Å². The van der Waals surface area contributed by atoms with Crippen LogP contribution in [0.15, 0.2) is 29.2 Å². The van der Waals surface area contributed by atoms with E-state index in [9.17, 15) is 18.5 Å². The largest absolute Gasteiger partial charge is 0.312 e. The lowest BCUT2D eigenvalue weighted by Crippen LogP contribution is -2.38. The van der Waals surface area contributed by atoms with Gasteiger partial charge in [0, 0.05) is 44.2 Å². The van der Waals surface area contributed by atoms with Crippen molar-refractivity contribution >= 4 is 28.1 Å². The molecule has 12 heteroatoms. The van der Waals surface area contributed by atoms with Crippen molar-refractivity contribution in [3.63, 3.8) is 0 Å². The molecule has 1 aromatic carbocycles. The molecule has 1 N–H and O–H groups in total. The Labute approximate surface area is 168 Å². The van der Waals surface area contributed by atoms with Crippen LogP contribution < -0.4 is 5.32 Å². The highest BCUT2D eigenvalue weighted by molar-refractivity contribution is 7.89. The molecule has 28 heavy (non-hydrogen) atoms. The Morgan fingerprint density at radius 1 is 1.11 bits per heavy atom. The highest BCUT2D eigenvalue weighted by atomic mass is 35.5. The number of hydrogen-bond donors (Lipinski definition) is 1. The maximum atomic E-state index is 12.8. The Morgan fingerprint density at radius 2 is 1.79 bits per heavy atom. The van der Waals surface area contributed by atoms with E-state index < -0.39 is 14.9 Å². The molecular weight excluding hydrogens is 408 g/mol. The number of fused-ring (bicyclic) bond motifs is 1. The van der Waals surface area contributed by atoms with Gasteiger partial charge in [0.25, 0.3) is 5.69 Å². The number of nitrogens with one attached hydrogen (secondary N) is 1. The van der Waals surface area contributed by atoms with E-state index in [2.05, 4.69) is 20.1 Å². The van der Waals surface area contributed by atoms with Crippen molar-refractivity contribution in [1.29, 1.82) is 0 Å². The fourth-order valence-electron chi connectivity index (χ4n) is 3.66. The summed E-state index contributed by atoms with van der Waals surface area (Å²) < 4.78 is 29.2. The molecule has 0 spiro atoms. The first-order chi connectivity index (χ1) is 13.0. The van der Waals surface area contributed by atoms with Gasteiger partial charge in [-0.15, -0.1) is 22.6 Å². The summed E-state index contributed by atoms with van der Waals surface area (Å²) in [6, 6.07) is 5.02. The quantitative estimate of drug-likeness (QED) is 0.574. The molecule has 10 nitrogen and oxygen atoms in total. The second kappa shape index (κ2) is 8.11. The fourth-order valence-corrected chi connectivity index (χ4v) is 5.13. The molecule has 2 aliphatic heterocycles. The number of rotatable bonds is 4. The minimum absolute atomic E-state index is 0. The van der Waals surface area contributed by atoms with Crippen molar-refractivity contribution < 1.29 is 13.3 Å². The summed E-state index contributed by atoms with van der Waals surface area (Å²) in [5.74, 6) is 2.06. The number of piperidine rings is 1. The molecule has 0 amide bonds. The van der Waals surface area contributed by atoms with E-state index in [4.69, 9.17) is 0 Å². The van der Waals surface area contributed by atoms with E-state index in [1.54, 1.807) is 0 Å². The van der Waals surface area contributed by atoms with Crippen molar-refractivity contribution in [2.24, 2.45) is 0 Å². The van der Waals surface area contributed by atoms with Crippen LogP contribution in [0.5, 0.6) is 0 Å². The van der Waals surface area contributed by atoms with Crippen LogP contribution in [-0.2, 0) is 23.1 Å². The van der Waals surface area contributed by atoms with Crippen molar-refractivity contribution in [3.05, 3.63) is 46.0 Å². The average Bonchev–Trinajstić information content (AvgIpc) is 3.12. The second-order valence-corrected chi connectivity index (χ2v) is 8.67. The Morgan fingerprint density at radius 3 is 2.43 bits per heavy atom. The molecule has 4 rings (SSSR count). The van der Waals surface area contributed by atoms with Gasteiger partial charge in [-0.2, -0.15) is 4.31 Å². The SMILES string of the molecule is Cl.O=[N+]([O-])c1ccc(S(=O)(=O)N2CCC(c3nnc4n3CCNC4)CC2)cc1. The summed E-state index contributed by atoms with van der Waals surface area (Å²) in [4.78, 5) is 10.3. The smallest absolute Gasteiger partial charge is 0.269 e. The number of nitro groups is 1. The molecule has 152 valence electrons. The van der Waals surface area contributed by atoms with Crippen molar-refractivity contribution in [1.82, 2.24) is 24.4 Å². The molecule has 2 aliphatic rings. The van der Waals surface area contributed by atoms with Crippen LogP contribution in [0.1, 0.15) is 30.4 Å². The molecule has 0 bridgehead atoms. The molecule has 1 aromatic heterocycles. The summed E-state index contributed by atoms with van der Waals surface area (Å²) in [6.45, 7) is 3.21. The first-order valence-electron chi connectivity index (χ1n) is 8.84. The number of sulfonamides is 1. The Balaban J connectivity index is 0.00000225. The topological polar surface area (TPSA) is 123 Å². The van der Waals surface area contributed by atoms with E-state index in [1.165, 1.54) is 28.6 Å². The number of hydrogen-bond acceptors (Lipinski definition) is 7. The van der Waals surface area contributed by atoms with Crippen LogP contribution in [0.3, 0.4) is 0 Å². The zero-order valence-electron chi connectivity index (χ0n) is 15.0. The zero-order chi connectivity index (χ0) is 19.0. The first kappa shape index (κ1) is 20.6. The van der Waals surface area contributed by atoms with Gasteiger partial charge in [0.1, 0.15) is 11.6 Å². The van der Waals surface area contributed by atoms with E-state index in [0.29, 0.717) is 32.5 Å². The van der Waals surface area contributed by atoms with Crippen LogP contribution in [0, 0.1) is 10.1 Å². The number of aromatic nitrogens is 3. The number of benzene rings is 1. The van der Waals surface area contributed by atoms with Crippen molar-refractivity contribution in [3.8, 4) is 0 Å². The Hall–Kier alpha value is -2.08. The van der Waals surface area contributed by atoms with Crippen LogP contribution in [0.2, 0.25) is 0 Å². The molecule has 3 heterocycles. The van der Waals surface area contributed by atoms with E-state index in [1.807, 2.05) is 0 Å². The average molecular weight is 429 g/mol. The molecule has 0 saturated carbocycles. The number of non-ortho nitro benzene ring substituents is 1. The summed E-state index contributed by atoms with van der Waals surface area (Å²) in [6.07, 6.45) is 1.36. The first-order valence-corrected chi connectivity index (χ1v) is 10.3. The highest BCUT2D eigenvalue weighted by Gasteiger charge is 2.32. The lowest BCUT2D eigenvalue weighted by atomic mass is 9.97. The maximum absolute atomic E-state index is 12.8. The van der Waals surface area contributed by atoms with Gasteiger partial charge in [-0.05, 0) is 25.0 Å². The van der Waals surface area contributed by atoms with Gasteiger partial charge in [0.05, 0.1) is 16.4 Å². The zero-order valence-corrected chi connectivity index (χ0v) is 16.7. The lowest BCUT2D eigenvalue weighted by molar-refractivity contribution is -0.384. The Bertz CT molecular complexity index is 954. The lowest BCUT2D eigenvalue weighted by Gasteiger charge is -2.31. The van der Waals surface area contributed by atoms with Crippen molar-refractivity contribution in [2.75, 3.05) is 19.6 Å². The van der Waals surface area contributed by atoms with Crippen LogP contribution >= 0.6 is 12.4 Å². The third-order valence-electron chi connectivity index (χ3n) is 5.16. The van der Waals surface area contributed by atoms with Crippen molar-refractivity contribution in [2.45, 2.75) is 36.7 Å². The number of nitrogens with zero attached hydrogens (tertiary/aromatic N) is 5. The van der Waals surface area contributed by atoms with Crippen LogP contribution in [0.4, 0.5) is 5.69 Å². The minimum Gasteiger partial charge on any atom is -0.312 e. The molecule has 0 atom stereocenters. The van der Waals surface area contributed by atoms with Gasteiger partial charge in [0.15, 0.2) is 0 Å². The van der Waals surface area contributed by atoms with Gasteiger partial charge in [-0.1, -0.05) is 0 Å². The van der Waals surface area contributed by atoms with E-state index >= 15 is 0 Å². The second-order valence-electron chi connectivity index (χ2n) is 6.73. The fraction of sp³-hybridized carbons (Fsp3) is 0.500. The maximum Gasteiger partial charge on any atom is 0.269 e. The standard InChI is InChI=1S/C16H20N6O4S.ClH/c23-22(24)13-1-3-14(4-2-13)27(25,26)20-8-5-12(6-9-20)16-19-18-15-11-17-7-10-21(15)16;/h1-4,12,17H,5-11H2;1H. The summed E-state index contributed by atoms with van der Waals surface area (Å²) in [5.41, 5.74) is -0.126. The van der Waals surface area contributed by atoms with Gasteiger partial charge >= 0.3 is 0 Å².